The number of aryl methyl sites for hydroxylation is 1. The topological polar surface area (TPSA) is 58.0 Å². The summed E-state index contributed by atoms with van der Waals surface area (Å²) < 4.78 is 0. The zero-order chi connectivity index (χ0) is 12.2. The number of nitrogens with zero attached hydrogens (tertiary/aromatic N) is 2. The molecule has 0 aliphatic carbocycles. The Kier molecular flexibility index (Phi) is 4.24. The zero-order valence-corrected chi connectivity index (χ0v) is 10.5. The van der Waals surface area contributed by atoms with Crippen LogP contribution in [0.15, 0.2) is 12.1 Å². The van der Waals surface area contributed by atoms with E-state index in [0.717, 1.165) is 12.1 Å². The molecule has 0 saturated carbocycles. The SMILES string of the molecule is Cc1ccc(NCC(C)(O)CC(C)C)nn1. The molecule has 16 heavy (non-hydrogen) atoms. The number of rotatable bonds is 5. The van der Waals surface area contributed by atoms with Crippen LogP contribution in [0.2, 0.25) is 0 Å². The molecule has 1 aromatic rings. The Morgan fingerprint density at radius 1 is 1.38 bits per heavy atom. The monoisotopic (exact) mass is 223 g/mol. The van der Waals surface area contributed by atoms with Crippen molar-refractivity contribution < 1.29 is 5.11 Å². The highest BCUT2D eigenvalue weighted by molar-refractivity contribution is 5.33. The summed E-state index contributed by atoms with van der Waals surface area (Å²) in [5, 5.41) is 21.1. The summed E-state index contributed by atoms with van der Waals surface area (Å²) in [5.74, 6) is 1.18. The van der Waals surface area contributed by atoms with Crippen molar-refractivity contribution in [2.45, 2.75) is 39.7 Å². The minimum Gasteiger partial charge on any atom is -0.388 e. The molecule has 4 heteroatoms. The second-order valence-corrected chi connectivity index (χ2v) is 5.01. The standard InChI is InChI=1S/C12H21N3O/c1-9(2)7-12(4,16)8-13-11-6-5-10(3)14-15-11/h5-6,9,16H,7-8H2,1-4H3,(H,13,15). The molecule has 0 fully saturated rings. The van der Waals surface area contributed by atoms with Gasteiger partial charge in [0.15, 0.2) is 0 Å². The molecule has 90 valence electrons. The van der Waals surface area contributed by atoms with Gasteiger partial charge < -0.3 is 10.4 Å². The van der Waals surface area contributed by atoms with Crippen molar-refractivity contribution in [2.75, 3.05) is 11.9 Å². The van der Waals surface area contributed by atoms with Crippen molar-refractivity contribution >= 4 is 5.82 Å². The van der Waals surface area contributed by atoms with Gasteiger partial charge in [0.2, 0.25) is 0 Å². The van der Waals surface area contributed by atoms with Gasteiger partial charge in [0, 0.05) is 6.54 Å². The van der Waals surface area contributed by atoms with Crippen molar-refractivity contribution in [3.8, 4) is 0 Å². The molecule has 0 aliphatic heterocycles. The number of aliphatic hydroxyl groups is 1. The highest BCUT2D eigenvalue weighted by Gasteiger charge is 2.21. The molecule has 1 heterocycles. The normalized spacial score (nSPS) is 14.9. The maximum absolute atomic E-state index is 10.1. The van der Waals surface area contributed by atoms with Crippen molar-refractivity contribution in [2.24, 2.45) is 5.92 Å². The van der Waals surface area contributed by atoms with E-state index in [4.69, 9.17) is 0 Å². The average molecular weight is 223 g/mol. The van der Waals surface area contributed by atoms with E-state index in [1.807, 2.05) is 26.0 Å². The molecule has 2 N–H and O–H groups in total. The first kappa shape index (κ1) is 12.9. The van der Waals surface area contributed by atoms with Crippen LogP contribution in [0.4, 0.5) is 5.82 Å². The molecule has 1 unspecified atom stereocenters. The summed E-state index contributed by atoms with van der Waals surface area (Å²) >= 11 is 0. The van der Waals surface area contributed by atoms with Crippen LogP contribution in [0.25, 0.3) is 0 Å². The van der Waals surface area contributed by atoms with E-state index in [9.17, 15) is 5.11 Å². The molecule has 1 rings (SSSR count). The van der Waals surface area contributed by atoms with Crippen molar-refractivity contribution in [3.05, 3.63) is 17.8 Å². The molecule has 0 radical (unpaired) electrons. The predicted octanol–water partition coefficient (Wildman–Crippen LogP) is 1.99. The highest BCUT2D eigenvalue weighted by Crippen LogP contribution is 2.16. The molecule has 1 atom stereocenters. The molecule has 0 spiro atoms. The average Bonchev–Trinajstić information content (AvgIpc) is 2.15. The second kappa shape index (κ2) is 5.25. The Labute approximate surface area is 97.1 Å². The molecule has 1 aromatic heterocycles. The van der Waals surface area contributed by atoms with Gasteiger partial charge in [0.25, 0.3) is 0 Å². The van der Waals surface area contributed by atoms with Gasteiger partial charge in [-0.1, -0.05) is 13.8 Å². The summed E-state index contributed by atoms with van der Waals surface area (Å²) in [6.07, 6.45) is 0.763. The van der Waals surface area contributed by atoms with E-state index in [2.05, 4.69) is 29.4 Å². The van der Waals surface area contributed by atoms with Gasteiger partial charge in [0.1, 0.15) is 5.82 Å². The molecule has 0 aromatic carbocycles. The lowest BCUT2D eigenvalue weighted by Crippen LogP contribution is -2.35. The van der Waals surface area contributed by atoms with Gasteiger partial charge in [-0.3, -0.25) is 0 Å². The molecule has 0 bridgehead atoms. The van der Waals surface area contributed by atoms with E-state index in [0.29, 0.717) is 18.3 Å². The maximum atomic E-state index is 10.1. The molecule has 0 aliphatic rings. The third kappa shape index (κ3) is 4.57. The predicted molar refractivity (Wildman–Crippen MR) is 65.3 cm³/mol. The fourth-order valence-corrected chi connectivity index (χ4v) is 1.73. The Morgan fingerprint density at radius 3 is 2.56 bits per heavy atom. The number of nitrogens with one attached hydrogen (secondary N) is 1. The maximum Gasteiger partial charge on any atom is 0.148 e. The van der Waals surface area contributed by atoms with Crippen LogP contribution >= 0.6 is 0 Å². The molecular formula is C12H21N3O. The minimum absolute atomic E-state index is 0.473. The van der Waals surface area contributed by atoms with E-state index in [1.165, 1.54) is 0 Å². The Balaban J connectivity index is 2.47. The summed E-state index contributed by atoms with van der Waals surface area (Å²) in [6.45, 7) is 8.41. The first-order chi connectivity index (χ1) is 7.39. The lowest BCUT2D eigenvalue weighted by molar-refractivity contribution is 0.0514. The fraction of sp³-hybridized carbons (Fsp3) is 0.667. The lowest BCUT2D eigenvalue weighted by Gasteiger charge is -2.25. The van der Waals surface area contributed by atoms with E-state index < -0.39 is 5.60 Å². The van der Waals surface area contributed by atoms with Crippen LogP contribution in [-0.2, 0) is 0 Å². The number of hydrogen-bond donors (Lipinski definition) is 2. The number of anilines is 1. The van der Waals surface area contributed by atoms with Crippen molar-refractivity contribution in [1.82, 2.24) is 10.2 Å². The summed E-state index contributed by atoms with van der Waals surface area (Å²) in [7, 11) is 0. The second-order valence-electron chi connectivity index (χ2n) is 5.01. The largest absolute Gasteiger partial charge is 0.388 e. The summed E-state index contributed by atoms with van der Waals surface area (Å²) in [5.41, 5.74) is 0.181. The number of hydrogen-bond acceptors (Lipinski definition) is 4. The molecular weight excluding hydrogens is 202 g/mol. The summed E-state index contributed by atoms with van der Waals surface area (Å²) in [4.78, 5) is 0. The van der Waals surface area contributed by atoms with Crippen LogP contribution in [-0.4, -0.2) is 27.4 Å². The minimum atomic E-state index is -0.708. The van der Waals surface area contributed by atoms with Crippen molar-refractivity contribution in [1.29, 1.82) is 0 Å². The van der Waals surface area contributed by atoms with Gasteiger partial charge in [-0.2, -0.15) is 5.10 Å². The first-order valence-electron chi connectivity index (χ1n) is 5.66. The van der Waals surface area contributed by atoms with Crippen molar-refractivity contribution in [3.63, 3.8) is 0 Å². The number of aromatic nitrogens is 2. The molecule has 4 nitrogen and oxygen atoms in total. The smallest absolute Gasteiger partial charge is 0.148 e. The Bertz CT molecular complexity index is 320. The van der Waals surface area contributed by atoms with Crippen LogP contribution < -0.4 is 5.32 Å². The van der Waals surface area contributed by atoms with Gasteiger partial charge in [0.05, 0.1) is 11.3 Å². The lowest BCUT2D eigenvalue weighted by atomic mass is 9.94. The molecule has 0 saturated heterocycles. The summed E-state index contributed by atoms with van der Waals surface area (Å²) in [6, 6.07) is 3.76. The first-order valence-corrected chi connectivity index (χ1v) is 5.66. The van der Waals surface area contributed by atoms with Crippen LogP contribution in [0.3, 0.4) is 0 Å². The third-order valence-electron chi connectivity index (χ3n) is 2.30. The third-order valence-corrected chi connectivity index (χ3v) is 2.30. The van der Waals surface area contributed by atoms with E-state index in [-0.39, 0.29) is 0 Å². The van der Waals surface area contributed by atoms with E-state index >= 15 is 0 Å². The van der Waals surface area contributed by atoms with Crippen LogP contribution in [0, 0.1) is 12.8 Å². The van der Waals surface area contributed by atoms with E-state index in [1.54, 1.807) is 0 Å². The van der Waals surface area contributed by atoms with Crippen LogP contribution in [0.5, 0.6) is 0 Å². The van der Waals surface area contributed by atoms with Gasteiger partial charge in [-0.25, -0.2) is 0 Å². The van der Waals surface area contributed by atoms with Gasteiger partial charge >= 0.3 is 0 Å². The van der Waals surface area contributed by atoms with Gasteiger partial charge in [-0.05, 0) is 38.3 Å². The Hall–Kier alpha value is -1.16. The quantitative estimate of drug-likeness (QED) is 0.801. The van der Waals surface area contributed by atoms with Crippen LogP contribution in [0.1, 0.15) is 32.9 Å². The fourth-order valence-electron chi connectivity index (χ4n) is 1.73. The molecule has 0 amide bonds. The Morgan fingerprint density at radius 2 is 2.06 bits per heavy atom. The zero-order valence-electron chi connectivity index (χ0n) is 10.5. The highest BCUT2D eigenvalue weighted by atomic mass is 16.3. The van der Waals surface area contributed by atoms with Gasteiger partial charge in [-0.15, -0.1) is 5.10 Å².